The first-order chi connectivity index (χ1) is 12.1. The lowest BCUT2D eigenvalue weighted by Crippen LogP contribution is -2.29. The van der Waals surface area contributed by atoms with E-state index in [1.807, 2.05) is 11.6 Å². The van der Waals surface area contributed by atoms with Gasteiger partial charge in [-0.2, -0.15) is 0 Å². The lowest BCUT2D eigenvalue weighted by molar-refractivity contribution is -0.133. The zero-order valence-corrected chi connectivity index (χ0v) is 15.7. The normalized spacial score (nSPS) is 17.9. The number of aromatic nitrogens is 2. The Bertz CT molecular complexity index is 668. The van der Waals surface area contributed by atoms with Crippen LogP contribution in [0.3, 0.4) is 0 Å². The fourth-order valence-corrected chi connectivity index (χ4v) is 3.79. The molecule has 25 heavy (non-hydrogen) atoms. The number of rotatable bonds is 7. The molecule has 0 aliphatic carbocycles. The maximum atomic E-state index is 11.6. The third-order valence-electron chi connectivity index (χ3n) is 4.52. The van der Waals surface area contributed by atoms with Gasteiger partial charge in [0.15, 0.2) is 0 Å². The van der Waals surface area contributed by atoms with E-state index in [9.17, 15) is 4.79 Å². The molecule has 1 aliphatic heterocycles. The summed E-state index contributed by atoms with van der Waals surface area (Å²) in [7, 11) is 3.50. The summed E-state index contributed by atoms with van der Waals surface area (Å²) in [4.78, 5) is 20.0. The topological polar surface area (TPSA) is 50.6 Å². The molecule has 1 unspecified atom stereocenters. The smallest absolute Gasteiger partial charge is 0.248 e. The summed E-state index contributed by atoms with van der Waals surface area (Å²) < 4.78 is 7.93. The molecule has 0 spiro atoms. The van der Waals surface area contributed by atoms with Crippen molar-refractivity contribution in [1.29, 1.82) is 0 Å². The van der Waals surface area contributed by atoms with Gasteiger partial charge < -0.3 is 14.2 Å². The fraction of sp³-hybridized carbons (Fsp3) is 0.556. The number of likely N-dealkylation sites (N-methyl/N-ethyl adjacent to an activating group) is 1. The molecular formula is C18H26N4O2S. The lowest BCUT2D eigenvalue weighted by atomic mass is 10.1. The van der Waals surface area contributed by atoms with Crippen molar-refractivity contribution in [2.75, 3.05) is 33.9 Å². The number of hydrogen-bond acceptors (Lipinski definition) is 5. The van der Waals surface area contributed by atoms with Gasteiger partial charge in [-0.1, -0.05) is 0 Å². The first kappa shape index (κ1) is 18.1. The van der Waals surface area contributed by atoms with Crippen LogP contribution in [-0.4, -0.2) is 59.1 Å². The van der Waals surface area contributed by atoms with E-state index in [-0.39, 0.29) is 12.5 Å². The molecule has 3 rings (SSSR count). The Morgan fingerprint density at radius 2 is 2.32 bits per heavy atom. The SMILES string of the molecule is CN(C)C(=O)COCCC1CN(Cc2nccs2)Cc2cccn2C1. The summed E-state index contributed by atoms with van der Waals surface area (Å²) in [5.74, 6) is 0.516. The van der Waals surface area contributed by atoms with Gasteiger partial charge in [0, 0.05) is 63.8 Å². The Labute approximate surface area is 153 Å². The third kappa shape index (κ3) is 5.14. The zero-order valence-electron chi connectivity index (χ0n) is 14.9. The van der Waals surface area contributed by atoms with Crippen LogP contribution in [0.25, 0.3) is 0 Å². The highest BCUT2D eigenvalue weighted by Gasteiger charge is 2.22. The van der Waals surface area contributed by atoms with Crippen LogP contribution in [0, 0.1) is 5.92 Å². The number of nitrogens with zero attached hydrogens (tertiary/aromatic N) is 4. The van der Waals surface area contributed by atoms with Gasteiger partial charge in [0.1, 0.15) is 11.6 Å². The van der Waals surface area contributed by atoms with Gasteiger partial charge in [0.25, 0.3) is 0 Å². The van der Waals surface area contributed by atoms with Crippen LogP contribution in [-0.2, 0) is 29.2 Å². The summed E-state index contributed by atoms with van der Waals surface area (Å²) in [6.07, 6.45) is 4.98. The molecular weight excluding hydrogens is 336 g/mol. The maximum Gasteiger partial charge on any atom is 0.248 e. The Kier molecular flexibility index (Phi) is 6.23. The number of thiazole rings is 1. The first-order valence-corrected chi connectivity index (χ1v) is 9.52. The molecule has 1 amide bonds. The number of carbonyl (C=O) groups excluding carboxylic acids is 1. The van der Waals surface area contributed by atoms with E-state index in [1.165, 1.54) is 5.69 Å². The monoisotopic (exact) mass is 362 g/mol. The summed E-state index contributed by atoms with van der Waals surface area (Å²) in [6, 6.07) is 4.31. The van der Waals surface area contributed by atoms with Crippen molar-refractivity contribution in [3.63, 3.8) is 0 Å². The molecule has 0 fully saturated rings. The molecule has 6 nitrogen and oxygen atoms in total. The minimum Gasteiger partial charge on any atom is -0.372 e. The zero-order chi connectivity index (χ0) is 17.6. The molecule has 0 N–H and O–H groups in total. The van der Waals surface area contributed by atoms with Gasteiger partial charge >= 0.3 is 0 Å². The number of fused-ring (bicyclic) bond motifs is 1. The quantitative estimate of drug-likeness (QED) is 0.708. The maximum absolute atomic E-state index is 11.6. The van der Waals surface area contributed by atoms with Crippen molar-refractivity contribution in [2.24, 2.45) is 5.92 Å². The molecule has 0 aromatic carbocycles. The van der Waals surface area contributed by atoms with Gasteiger partial charge in [-0.05, 0) is 24.5 Å². The molecule has 2 aromatic heterocycles. The van der Waals surface area contributed by atoms with Crippen LogP contribution in [0.2, 0.25) is 0 Å². The van der Waals surface area contributed by atoms with Crippen molar-refractivity contribution in [2.45, 2.75) is 26.1 Å². The van der Waals surface area contributed by atoms with Crippen LogP contribution in [0.1, 0.15) is 17.1 Å². The van der Waals surface area contributed by atoms with Gasteiger partial charge in [-0.15, -0.1) is 11.3 Å². The van der Waals surface area contributed by atoms with Crippen LogP contribution < -0.4 is 0 Å². The van der Waals surface area contributed by atoms with Gasteiger partial charge in [0.2, 0.25) is 5.91 Å². The average molecular weight is 362 g/mol. The average Bonchev–Trinajstić information content (AvgIpc) is 3.20. The second kappa shape index (κ2) is 8.60. The molecule has 1 aliphatic rings. The number of amides is 1. The number of hydrogen-bond donors (Lipinski definition) is 0. The minimum atomic E-state index is 0.0129. The van der Waals surface area contributed by atoms with E-state index in [0.29, 0.717) is 12.5 Å². The van der Waals surface area contributed by atoms with Crippen molar-refractivity contribution < 1.29 is 9.53 Å². The summed E-state index contributed by atoms with van der Waals surface area (Å²) in [6.45, 7) is 4.64. The van der Waals surface area contributed by atoms with Crippen molar-refractivity contribution in [1.82, 2.24) is 19.4 Å². The number of ether oxygens (including phenoxy) is 1. The van der Waals surface area contributed by atoms with Crippen LogP contribution in [0.4, 0.5) is 0 Å². The fourth-order valence-electron chi connectivity index (χ4n) is 3.13. The van der Waals surface area contributed by atoms with Crippen molar-refractivity contribution in [3.05, 3.63) is 40.6 Å². The molecule has 3 heterocycles. The van der Waals surface area contributed by atoms with Gasteiger partial charge in [-0.25, -0.2) is 4.98 Å². The standard InChI is InChI=1S/C18H26N4O2S/c1-20(2)18(23)14-24-8-5-15-10-21(13-17-19-6-9-25-17)12-16-4-3-7-22(16)11-15/h3-4,6-7,9,15H,5,8,10-14H2,1-2H3. The lowest BCUT2D eigenvalue weighted by Gasteiger charge is -2.23. The second-order valence-corrected chi connectivity index (χ2v) is 7.72. The molecule has 136 valence electrons. The summed E-state index contributed by atoms with van der Waals surface area (Å²) in [5, 5.41) is 3.19. The third-order valence-corrected chi connectivity index (χ3v) is 5.28. The van der Waals surface area contributed by atoms with Gasteiger partial charge in [-0.3, -0.25) is 9.69 Å². The van der Waals surface area contributed by atoms with Crippen molar-refractivity contribution in [3.8, 4) is 0 Å². The van der Waals surface area contributed by atoms with E-state index < -0.39 is 0 Å². The predicted octanol–water partition coefficient (Wildman–Crippen LogP) is 2.07. The summed E-state index contributed by atoms with van der Waals surface area (Å²) in [5.41, 5.74) is 1.35. The largest absolute Gasteiger partial charge is 0.372 e. The van der Waals surface area contributed by atoms with Gasteiger partial charge in [0.05, 0.1) is 6.54 Å². The van der Waals surface area contributed by atoms with Crippen LogP contribution in [0.15, 0.2) is 29.9 Å². The predicted molar refractivity (Wildman–Crippen MR) is 98.3 cm³/mol. The van der Waals surface area contributed by atoms with Crippen LogP contribution >= 0.6 is 11.3 Å². The molecule has 1 atom stereocenters. The van der Waals surface area contributed by atoms with Crippen LogP contribution in [0.5, 0.6) is 0 Å². The highest BCUT2D eigenvalue weighted by Crippen LogP contribution is 2.21. The van der Waals surface area contributed by atoms with E-state index in [0.717, 1.165) is 37.6 Å². The van der Waals surface area contributed by atoms with E-state index in [4.69, 9.17) is 4.74 Å². The Balaban J connectivity index is 1.56. The van der Waals surface area contributed by atoms with Crippen molar-refractivity contribution >= 4 is 17.2 Å². The van der Waals surface area contributed by atoms with E-state index in [2.05, 4.69) is 32.8 Å². The minimum absolute atomic E-state index is 0.0129. The second-order valence-electron chi connectivity index (χ2n) is 6.74. The van der Waals surface area contributed by atoms with E-state index >= 15 is 0 Å². The van der Waals surface area contributed by atoms with E-state index in [1.54, 1.807) is 30.3 Å². The molecule has 2 aromatic rings. The Morgan fingerprint density at radius 3 is 3.08 bits per heavy atom. The molecule has 0 saturated heterocycles. The molecule has 0 bridgehead atoms. The Morgan fingerprint density at radius 1 is 1.44 bits per heavy atom. The molecule has 7 heteroatoms. The first-order valence-electron chi connectivity index (χ1n) is 8.64. The molecule has 0 radical (unpaired) electrons. The highest BCUT2D eigenvalue weighted by atomic mass is 32.1. The molecule has 0 saturated carbocycles. The highest BCUT2D eigenvalue weighted by molar-refractivity contribution is 7.09. The number of carbonyl (C=O) groups is 1. The summed E-state index contributed by atoms with van der Waals surface area (Å²) >= 11 is 1.71. The Hall–Kier alpha value is -1.70.